The molecule has 0 atom stereocenters. The molecule has 0 aliphatic carbocycles. The van der Waals surface area contributed by atoms with Gasteiger partial charge in [-0.1, -0.05) is 0 Å². The van der Waals surface area contributed by atoms with Gasteiger partial charge in [0.1, 0.15) is 0 Å². The quantitative estimate of drug-likeness (QED) is 0.607. The number of hydrogen-bond acceptors (Lipinski definition) is 2. The van der Waals surface area contributed by atoms with Gasteiger partial charge in [-0.15, -0.1) is 13.2 Å². The van der Waals surface area contributed by atoms with E-state index in [4.69, 9.17) is 0 Å². The van der Waals surface area contributed by atoms with Crippen LogP contribution in [0.5, 0.6) is 0 Å². The molecule has 0 saturated carbocycles. The first-order valence-corrected chi connectivity index (χ1v) is 2.89. The minimum atomic E-state index is -4.50. The van der Waals surface area contributed by atoms with Gasteiger partial charge in [0.15, 0.2) is 0 Å². The van der Waals surface area contributed by atoms with Gasteiger partial charge in [0, 0.05) is 13.1 Å². The summed E-state index contributed by atoms with van der Waals surface area (Å²) in [6.07, 6.45) is -4.50. The van der Waals surface area contributed by atoms with Gasteiger partial charge in [-0.2, -0.15) is 0 Å². The lowest BCUT2D eigenvalue weighted by Crippen LogP contribution is -2.60. The Morgan fingerprint density at radius 2 is 1.90 bits per heavy atom. The van der Waals surface area contributed by atoms with Crippen molar-refractivity contribution < 1.29 is 17.9 Å². The fourth-order valence-electron chi connectivity index (χ4n) is 0.829. The topological polar surface area (TPSA) is 21.3 Å². The van der Waals surface area contributed by atoms with E-state index < -0.39 is 12.0 Å². The van der Waals surface area contributed by atoms with Crippen LogP contribution in [0, 0.1) is 0 Å². The van der Waals surface area contributed by atoms with Crippen LogP contribution in [-0.2, 0) is 4.74 Å². The molecule has 0 aromatic carbocycles. The minimum absolute atomic E-state index is 0.270. The first-order chi connectivity index (χ1) is 4.41. The molecule has 0 aromatic heterocycles. The van der Waals surface area contributed by atoms with Crippen molar-refractivity contribution in [2.75, 3.05) is 13.1 Å². The predicted octanol–water partition coefficient (Wildman–Crippen LogP) is 0.885. The molecule has 60 valence electrons. The number of hydrogen-bond donors (Lipinski definition) is 1. The molecule has 1 aliphatic rings. The Hall–Kier alpha value is -0.290. The summed E-state index contributed by atoms with van der Waals surface area (Å²) in [7, 11) is 0. The second-order valence-corrected chi connectivity index (χ2v) is 2.60. The highest BCUT2D eigenvalue weighted by atomic mass is 19.4. The molecule has 1 rings (SSSR count). The number of alkyl halides is 3. The Morgan fingerprint density at radius 3 is 2.00 bits per heavy atom. The molecule has 1 saturated heterocycles. The van der Waals surface area contributed by atoms with Gasteiger partial charge in [-0.05, 0) is 6.92 Å². The lowest BCUT2D eigenvalue weighted by Gasteiger charge is -2.39. The molecule has 0 spiro atoms. The summed E-state index contributed by atoms with van der Waals surface area (Å²) < 4.78 is 38.4. The molecular weight excluding hydrogens is 147 g/mol. The van der Waals surface area contributed by atoms with Crippen LogP contribution in [0.15, 0.2) is 0 Å². The van der Waals surface area contributed by atoms with Gasteiger partial charge in [0.25, 0.3) is 0 Å². The fraction of sp³-hybridized carbons (Fsp3) is 1.00. The van der Waals surface area contributed by atoms with Gasteiger partial charge < -0.3 is 5.32 Å². The first-order valence-electron chi connectivity index (χ1n) is 2.89. The highest BCUT2D eigenvalue weighted by Crippen LogP contribution is 2.27. The Balaban J connectivity index is 2.37. The molecular formula is C5H8F3NO. The number of rotatable bonds is 1. The van der Waals surface area contributed by atoms with Crippen molar-refractivity contribution in [3.05, 3.63) is 0 Å². The van der Waals surface area contributed by atoms with Crippen LogP contribution in [0.2, 0.25) is 0 Å². The molecule has 0 amide bonds. The van der Waals surface area contributed by atoms with Crippen LogP contribution in [0.1, 0.15) is 6.92 Å². The van der Waals surface area contributed by atoms with Crippen molar-refractivity contribution >= 4 is 0 Å². The molecule has 2 nitrogen and oxygen atoms in total. The van der Waals surface area contributed by atoms with Crippen molar-refractivity contribution in [1.29, 1.82) is 0 Å². The van der Waals surface area contributed by atoms with E-state index in [0.29, 0.717) is 0 Å². The van der Waals surface area contributed by atoms with Crippen LogP contribution >= 0.6 is 0 Å². The molecule has 1 fully saturated rings. The van der Waals surface area contributed by atoms with Crippen LogP contribution in [-0.4, -0.2) is 25.1 Å². The fourth-order valence-corrected chi connectivity index (χ4v) is 0.829. The summed E-state index contributed by atoms with van der Waals surface area (Å²) in [5.74, 6) is 0. The lowest BCUT2D eigenvalue weighted by molar-refractivity contribution is -0.370. The Kier molecular flexibility index (Phi) is 1.64. The Morgan fingerprint density at radius 1 is 1.40 bits per heavy atom. The lowest BCUT2D eigenvalue weighted by atomic mass is 10.0. The molecule has 0 bridgehead atoms. The highest BCUT2D eigenvalue weighted by molar-refractivity contribution is 4.90. The summed E-state index contributed by atoms with van der Waals surface area (Å²) in [6, 6.07) is 0. The molecule has 1 heterocycles. The van der Waals surface area contributed by atoms with Crippen LogP contribution in [0.3, 0.4) is 0 Å². The van der Waals surface area contributed by atoms with Crippen LogP contribution < -0.4 is 5.32 Å². The molecule has 5 heteroatoms. The summed E-state index contributed by atoms with van der Waals surface area (Å²) in [5, 5.41) is 2.70. The molecule has 0 unspecified atom stereocenters. The largest absolute Gasteiger partial charge is 0.523 e. The van der Waals surface area contributed by atoms with Gasteiger partial charge >= 0.3 is 6.36 Å². The van der Waals surface area contributed by atoms with E-state index in [1.807, 2.05) is 0 Å². The maximum atomic E-state index is 11.5. The number of ether oxygens (including phenoxy) is 1. The Labute approximate surface area is 56.4 Å². The second-order valence-electron chi connectivity index (χ2n) is 2.60. The van der Waals surface area contributed by atoms with Crippen molar-refractivity contribution in [1.82, 2.24) is 5.32 Å². The number of nitrogens with one attached hydrogen (secondary N) is 1. The van der Waals surface area contributed by atoms with E-state index in [9.17, 15) is 13.2 Å². The second kappa shape index (κ2) is 2.10. The van der Waals surface area contributed by atoms with E-state index in [1.165, 1.54) is 6.92 Å². The third-order valence-electron chi connectivity index (χ3n) is 1.36. The van der Waals surface area contributed by atoms with Crippen molar-refractivity contribution in [2.24, 2.45) is 0 Å². The normalized spacial score (nSPS) is 24.0. The molecule has 0 aromatic rings. The summed E-state index contributed by atoms with van der Waals surface area (Å²) in [5.41, 5.74) is -1.03. The van der Waals surface area contributed by atoms with Gasteiger partial charge in [-0.25, -0.2) is 0 Å². The smallest absolute Gasteiger partial charge is 0.311 e. The monoisotopic (exact) mass is 155 g/mol. The molecule has 0 radical (unpaired) electrons. The van der Waals surface area contributed by atoms with Gasteiger partial charge in [-0.3, -0.25) is 4.74 Å². The maximum absolute atomic E-state index is 11.5. The highest BCUT2D eigenvalue weighted by Gasteiger charge is 2.44. The van der Waals surface area contributed by atoms with Crippen molar-refractivity contribution in [3.8, 4) is 0 Å². The third kappa shape index (κ3) is 1.85. The van der Waals surface area contributed by atoms with Gasteiger partial charge in [0.2, 0.25) is 0 Å². The van der Waals surface area contributed by atoms with Crippen molar-refractivity contribution in [3.63, 3.8) is 0 Å². The van der Waals surface area contributed by atoms with Crippen molar-refractivity contribution in [2.45, 2.75) is 18.9 Å². The molecule has 10 heavy (non-hydrogen) atoms. The SMILES string of the molecule is CC1(OC(F)(F)F)CNC1. The van der Waals surface area contributed by atoms with Crippen LogP contribution in [0.25, 0.3) is 0 Å². The van der Waals surface area contributed by atoms with E-state index in [-0.39, 0.29) is 13.1 Å². The van der Waals surface area contributed by atoms with E-state index in [1.54, 1.807) is 0 Å². The zero-order valence-electron chi connectivity index (χ0n) is 5.46. The summed E-state index contributed by atoms with van der Waals surface area (Å²) in [4.78, 5) is 0. The average Bonchev–Trinajstić information content (AvgIpc) is 1.57. The first kappa shape index (κ1) is 7.81. The van der Waals surface area contributed by atoms with E-state index in [2.05, 4.69) is 10.1 Å². The maximum Gasteiger partial charge on any atom is 0.523 e. The Bertz CT molecular complexity index is 129. The third-order valence-corrected chi connectivity index (χ3v) is 1.36. The average molecular weight is 155 g/mol. The predicted molar refractivity (Wildman–Crippen MR) is 28.4 cm³/mol. The van der Waals surface area contributed by atoms with Gasteiger partial charge in [0.05, 0.1) is 5.60 Å². The minimum Gasteiger partial charge on any atom is -0.311 e. The summed E-state index contributed by atoms with van der Waals surface area (Å²) in [6.45, 7) is 1.97. The zero-order chi connectivity index (χ0) is 7.83. The zero-order valence-corrected chi connectivity index (χ0v) is 5.46. The molecule has 1 aliphatic heterocycles. The molecule has 1 N–H and O–H groups in total. The summed E-state index contributed by atoms with van der Waals surface area (Å²) >= 11 is 0. The van der Waals surface area contributed by atoms with E-state index >= 15 is 0 Å². The standard InChI is InChI=1S/C5H8F3NO/c1-4(2-9-3-4)10-5(6,7)8/h9H,2-3H2,1H3. The van der Waals surface area contributed by atoms with E-state index in [0.717, 1.165) is 0 Å². The number of halogens is 3. The van der Waals surface area contributed by atoms with Crippen LogP contribution in [0.4, 0.5) is 13.2 Å².